The van der Waals surface area contributed by atoms with Gasteiger partial charge in [-0.3, -0.25) is 0 Å². The van der Waals surface area contributed by atoms with Gasteiger partial charge in [0, 0.05) is 34.9 Å². The second kappa shape index (κ2) is 9.20. The molecule has 0 atom stereocenters. The summed E-state index contributed by atoms with van der Waals surface area (Å²) in [7, 11) is 2.18. The van der Waals surface area contributed by atoms with Gasteiger partial charge in [-0.15, -0.1) is 0 Å². The number of benzene rings is 3. The van der Waals surface area contributed by atoms with Crippen molar-refractivity contribution in [3.8, 4) is 22.4 Å². The van der Waals surface area contributed by atoms with Crippen LogP contribution in [0.5, 0.6) is 0 Å². The summed E-state index contributed by atoms with van der Waals surface area (Å²) >= 11 is 0. The molecule has 6 rings (SSSR count). The lowest BCUT2D eigenvalue weighted by atomic mass is 9.81. The Kier molecular flexibility index (Phi) is 5.84. The van der Waals surface area contributed by atoms with Crippen LogP contribution in [0.3, 0.4) is 0 Å². The molecule has 2 heterocycles. The maximum Gasteiger partial charge on any atom is 0.216 e. The highest BCUT2D eigenvalue weighted by atomic mass is 16.3. The van der Waals surface area contributed by atoms with Gasteiger partial charge in [0.25, 0.3) is 0 Å². The lowest BCUT2D eigenvalue weighted by Gasteiger charge is -2.24. The van der Waals surface area contributed by atoms with Crippen LogP contribution in [0.15, 0.2) is 65.1 Å². The van der Waals surface area contributed by atoms with Crippen LogP contribution in [0, 0.1) is 27.3 Å². The van der Waals surface area contributed by atoms with Crippen molar-refractivity contribution >= 4 is 27.6 Å². The minimum atomic E-state index is 0.618. The molecule has 0 unspecified atom stereocenters. The molecule has 184 valence electrons. The van der Waals surface area contributed by atoms with Crippen LogP contribution in [0.25, 0.3) is 49.2 Å². The standard InChI is InChI=1S/C34H33N2O/c1-21-16-17-26-27-18-19-29(35-4)32(25-14-10-7-11-15-25)34(27)37-33(26)31(21)30-20-28(22(2)23(3)36(30)5)24-12-8-6-9-13-24/h7,10-11,14-20,24H,6,8-9,12-13H2,1-3,5H3/q+1. The smallest absolute Gasteiger partial charge is 0.216 e. The summed E-state index contributed by atoms with van der Waals surface area (Å²) < 4.78 is 9.13. The largest absolute Gasteiger partial charge is 0.456 e. The molecule has 0 aliphatic heterocycles. The molecular formula is C34H33N2O+. The molecule has 0 N–H and O–H groups in total. The highest BCUT2D eigenvalue weighted by molar-refractivity contribution is 6.15. The van der Waals surface area contributed by atoms with Crippen molar-refractivity contribution < 1.29 is 8.98 Å². The Bertz CT molecular complexity index is 1700. The average molecular weight is 486 g/mol. The second-order valence-electron chi connectivity index (χ2n) is 10.6. The summed E-state index contributed by atoms with van der Waals surface area (Å²) in [5, 5.41) is 2.16. The third-order valence-electron chi connectivity index (χ3n) is 8.61. The van der Waals surface area contributed by atoms with Crippen molar-refractivity contribution in [2.75, 3.05) is 0 Å². The van der Waals surface area contributed by atoms with Crippen LogP contribution >= 0.6 is 0 Å². The molecule has 2 aromatic heterocycles. The zero-order valence-corrected chi connectivity index (χ0v) is 22.2. The Morgan fingerprint density at radius 2 is 1.51 bits per heavy atom. The summed E-state index contributed by atoms with van der Waals surface area (Å²) in [6, 6.07) is 21.0. The Morgan fingerprint density at radius 1 is 0.838 bits per heavy atom. The van der Waals surface area contributed by atoms with E-state index in [1.54, 1.807) is 0 Å². The quantitative estimate of drug-likeness (QED) is 0.184. The second-order valence-corrected chi connectivity index (χ2v) is 10.6. The summed E-state index contributed by atoms with van der Waals surface area (Å²) in [5.41, 5.74) is 12.0. The van der Waals surface area contributed by atoms with Gasteiger partial charge in [0.15, 0.2) is 11.4 Å². The van der Waals surface area contributed by atoms with E-state index in [0.717, 1.165) is 38.6 Å². The number of rotatable bonds is 3. The molecule has 0 radical (unpaired) electrons. The predicted octanol–water partition coefficient (Wildman–Crippen LogP) is 9.27. The molecule has 3 aromatic carbocycles. The van der Waals surface area contributed by atoms with E-state index in [9.17, 15) is 0 Å². The van der Waals surface area contributed by atoms with Crippen LogP contribution < -0.4 is 4.57 Å². The van der Waals surface area contributed by atoms with E-state index in [1.807, 2.05) is 30.3 Å². The van der Waals surface area contributed by atoms with E-state index in [-0.39, 0.29) is 0 Å². The van der Waals surface area contributed by atoms with Gasteiger partial charge in [0.05, 0.1) is 12.1 Å². The number of nitrogens with zero attached hydrogens (tertiary/aromatic N) is 2. The van der Waals surface area contributed by atoms with Crippen LogP contribution in [0.1, 0.15) is 60.4 Å². The van der Waals surface area contributed by atoms with Gasteiger partial charge >= 0.3 is 0 Å². The fourth-order valence-electron chi connectivity index (χ4n) is 6.36. The maximum atomic E-state index is 7.83. The molecule has 1 aliphatic rings. The van der Waals surface area contributed by atoms with Crippen molar-refractivity contribution in [2.45, 2.75) is 58.8 Å². The monoisotopic (exact) mass is 485 g/mol. The van der Waals surface area contributed by atoms with E-state index < -0.39 is 0 Å². The molecule has 3 nitrogen and oxygen atoms in total. The highest BCUT2D eigenvalue weighted by Crippen LogP contribution is 2.45. The van der Waals surface area contributed by atoms with Crippen LogP contribution in [-0.4, -0.2) is 0 Å². The van der Waals surface area contributed by atoms with Gasteiger partial charge in [0.2, 0.25) is 5.69 Å². The first-order valence-electron chi connectivity index (χ1n) is 13.4. The maximum absolute atomic E-state index is 7.83. The Morgan fingerprint density at radius 3 is 2.22 bits per heavy atom. The molecule has 0 bridgehead atoms. The molecule has 0 amide bonds. The molecule has 0 spiro atoms. The summed E-state index contributed by atoms with van der Waals surface area (Å²) in [6.45, 7) is 14.5. The molecule has 3 heteroatoms. The van der Waals surface area contributed by atoms with Gasteiger partial charge in [-0.25, -0.2) is 4.85 Å². The van der Waals surface area contributed by atoms with Crippen molar-refractivity contribution in [3.63, 3.8) is 0 Å². The number of fused-ring (bicyclic) bond motifs is 3. The Labute approximate surface area is 219 Å². The average Bonchev–Trinajstić information content (AvgIpc) is 3.31. The van der Waals surface area contributed by atoms with Crippen LogP contribution in [-0.2, 0) is 7.05 Å². The molecular weight excluding hydrogens is 452 g/mol. The molecule has 1 fully saturated rings. The molecule has 5 aromatic rings. The first-order chi connectivity index (χ1) is 18.0. The molecule has 0 saturated heterocycles. The lowest BCUT2D eigenvalue weighted by molar-refractivity contribution is -0.667. The van der Waals surface area contributed by atoms with Crippen molar-refractivity contribution in [1.82, 2.24) is 0 Å². The normalized spacial score (nSPS) is 14.4. The predicted molar refractivity (Wildman–Crippen MR) is 152 cm³/mol. The minimum absolute atomic E-state index is 0.618. The lowest BCUT2D eigenvalue weighted by Crippen LogP contribution is -2.36. The van der Waals surface area contributed by atoms with E-state index in [0.29, 0.717) is 11.6 Å². The summed E-state index contributed by atoms with van der Waals surface area (Å²) in [6.07, 6.45) is 6.56. The van der Waals surface area contributed by atoms with Crippen molar-refractivity contribution in [2.24, 2.45) is 7.05 Å². The van der Waals surface area contributed by atoms with Gasteiger partial charge in [-0.05, 0) is 49.3 Å². The fourth-order valence-corrected chi connectivity index (χ4v) is 6.36. The van der Waals surface area contributed by atoms with Gasteiger partial charge in [0.1, 0.15) is 18.2 Å². The van der Waals surface area contributed by atoms with Crippen LogP contribution in [0.2, 0.25) is 0 Å². The Balaban J connectivity index is 1.66. The number of aryl methyl sites for hydroxylation is 1. The van der Waals surface area contributed by atoms with E-state index in [2.05, 4.69) is 67.6 Å². The number of furan rings is 1. The minimum Gasteiger partial charge on any atom is -0.456 e. The zero-order chi connectivity index (χ0) is 25.7. The van der Waals surface area contributed by atoms with Crippen molar-refractivity contribution in [3.05, 3.63) is 94.5 Å². The van der Waals surface area contributed by atoms with Gasteiger partial charge in [-0.1, -0.05) is 73.9 Å². The molecule has 37 heavy (non-hydrogen) atoms. The molecule has 1 aliphatic carbocycles. The third-order valence-corrected chi connectivity index (χ3v) is 8.61. The third kappa shape index (κ3) is 3.75. The first-order valence-corrected chi connectivity index (χ1v) is 13.4. The number of hydrogen-bond donors (Lipinski definition) is 0. The zero-order valence-electron chi connectivity index (χ0n) is 22.2. The van der Waals surface area contributed by atoms with E-state index >= 15 is 0 Å². The topological polar surface area (TPSA) is 21.4 Å². The summed E-state index contributed by atoms with van der Waals surface area (Å²) in [4.78, 5) is 3.85. The SMILES string of the molecule is [C-]#[N+]c1ccc2c(oc3c(-c4cc(C5CCCCC5)c(C)c(C)[n+]4C)c(C)ccc32)c1-c1ccccc1. The fraction of sp³-hybridized carbons (Fsp3) is 0.294. The number of aromatic nitrogens is 1. The van der Waals surface area contributed by atoms with E-state index in [1.165, 1.54) is 60.2 Å². The first kappa shape index (κ1) is 23.5. The van der Waals surface area contributed by atoms with Gasteiger partial charge < -0.3 is 4.42 Å². The summed E-state index contributed by atoms with van der Waals surface area (Å²) in [5.74, 6) is 0.633. The highest BCUT2D eigenvalue weighted by Gasteiger charge is 2.28. The molecule has 1 saturated carbocycles. The van der Waals surface area contributed by atoms with Crippen LogP contribution in [0.4, 0.5) is 5.69 Å². The Hall–Kier alpha value is -3.90. The number of hydrogen-bond acceptors (Lipinski definition) is 1. The van der Waals surface area contributed by atoms with Crippen molar-refractivity contribution in [1.29, 1.82) is 0 Å². The van der Waals surface area contributed by atoms with E-state index in [4.69, 9.17) is 11.0 Å². The number of pyridine rings is 1. The van der Waals surface area contributed by atoms with Gasteiger partial charge in [-0.2, -0.15) is 4.57 Å².